The summed E-state index contributed by atoms with van der Waals surface area (Å²) >= 11 is 5.61. The second-order valence-electron chi connectivity index (χ2n) is 8.00. The van der Waals surface area contributed by atoms with Gasteiger partial charge in [-0.15, -0.1) is 23.4 Å². The molecular formula is C20H21ClF4N4O4. The van der Waals surface area contributed by atoms with Crippen molar-refractivity contribution in [1.82, 2.24) is 20.8 Å². The minimum atomic E-state index is -4.65. The minimum Gasteiger partial charge on any atom is -0.484 e. The largest absolute Gasteiger partial charge is 0.522 e. The Bertz CT molecular complexity index is 975. The molecule has 0 radical (unpaired) electrons. The molecule has 0 bridgehead atoms. The zero-order valence-electron chi connectivity index (χ0n) is 17.2. The standard InChI is InChI=1S/C20H21ClF4N4O4/c21-14-3-2-12(7-15(14)22)31-9-17(30)27-11-1-4-16(26-8-11)19-29-28-18(32-19)10-5-13(6-10)33-20(23,24)25/h2-3,7,10-11,13,16,26H,1,4-6,8-9H2,(H,27,30)/t10-,11-,13+,16+/m0/s1. The molecule has 1 aromatic heterocycles. The topological polar surface area (TPSA) is 98.5 Å². The number of alkyl halides is 3. The molecule has 13 heteroatoms. The molecule has 1 saturated carbocycles. The van der Waals surface area contributed by atoms with E-state index in [1.54, 1.807) is 0 Å². The highest BCUT2D eigenvalue weighted by atomic mass is 35.5. The first kappa shape index (κ1) is 23.7. The molecular weight excluding hydrogens is 472 g/mol. The monoisotopic (exact) mass is 492 g/mol. The van der Waals surface area contributed by atoms with Gasteiger partial charge in [-0.25, -0.2) is 4.39 Å². The Morgan fingerprint density at radius 2 is 2.00 bits per heavy atom. The van der Waals surface area contributed by atoms with Crippen molar-refractivity contribution in [2.24, 2.45) is 0 Å². The average Bonchev–Trinajstić information content (AvgIpc) is 3.21. The number of aromatic nitrogens is 2. The summed E-state index contributed by atoms with van der Waals surface area (Å²) in [5, 5.41) is 14.0. The Hall–Kier alpha value is -2.44. The summed E-state index contributed by atoms with van der Waals surface area (Å²) in [6, 6.07) is 3.56. The molecule has 0 unspecified atom stereocenters. The van der Waals surface area contributed by atoms with Gasteiger partial charge in [-0.05, 0) is 37.8 Å². The molecule has 2 aliphatic rings. The quantitative estimate of drug-likeness (QED) is 0.569. The van der Waals surface area contributed by atoms with Crippen LogP contribution in [0.25, 0.3) is 0 Å². The van der Waals surface area contributed by atoms with Crippen LogP contribution < -0.4 is 15.4 Å². The number of amides is 1. The predicted octanol–water partition coefficient (Wildman–Crippen LogP) is 3.63. The van der Waals surface area contributed by atoms with E-state index in [4.69, 9.17) is 20.8 Å². The average molecular weight is 493 g/mol. The van der Waals surface area contributed by atoms with E-state index in [0.29, 0.717) is 31.2 Å². The van der Waals surface area contributed by atoms with Gasteiger partial charge >= 0.3 is 6.36 Å². The zero-order valence-corrected chi connectivity index (χ0v) is 18.0. The highest BCUT2D eigenvalue weighted by Gasteiger charge is 2.42. The number of carbonyl (C=O) groups excluding carboxylic acids is 1. The maximum absolute atomic E-state index is 13.4. The van der Waals surface area contributed by atoms with Crippen LogP contribution in [0, 0.1) is 5.82 Å². The number of nitrogens with zero attached hydrogens (tertiary/aromatic N) is 2. The van der Waals surface area contributed by atoms with Crippen molar-refractivity contribution < 1.29 is 36.2 Å². The Morgan fingerprint density at radius 1 is 1.24 bits per heavy atom. The first-order valence-electron chi connectivity index (χ1n) is 10.3. The van der Waals surface area contributed by atoms with Crippen molar-refractivity contribution in [2.75, 3.05) is 13.2 Å². The van der Waals surface area contributed by atoms with Crippen LogP contribution in [-0.4, -0.2) is 47.8 Å². The fourth-order valence-electron chi connectivity index (χ4n) is 3.78. The van der Waals surface area contributed by atoms with Gasteiger partial charge in [0, 0.05) is 24.6 Å². The molecule has 1 aliphatic carbocycles. The Balaban J connectivity index is 1.18. The van der Waals surface area contributed by atoms with Gasteiger partial charge in [-0.2, -0.15) is 0 Å². The van der Waals surface area contributed by atoms with Crippen molar-refractivity contribution in [1.29, 1.82) is 0 Å². The fraction of sp³-hybridized carbons (Fsp3) is 0.550. The second kappa shape index (κ2) is 9.82. The van der Waals surface area contributed by atoms with E-state index in [1.165, 1.54) is 12.1 Å². The van der Waals surface area contributed by atoms with E-state index < -0.39 is 18.3 Å². The Morgan fingerprint density at radius 3 is 2.67 bits per heavy atom. The van der Waals surface area contributed by atoms with E-state index in [2.05, 4.69) is 25.6 Å². The van der Waals surface area contributed by atoms with Gasteiger partial charge in [-0.1, -0.05) is 11.6 Å². The second-order valence-corrected chi connectivity index (χ2v) is 8.41. The summed E-state index contributed by atoms with van der Waals surface area (Å²) in [6.07, 6.45) is -3.92. The normalized spacial score (nSPS) is 25.4. The van der Waals surface area contributed by atoms with Gasteiger partial charge in [0.25, 0.3) is 5.91 Å². The van der Waals surface area contributed by atoms with Crippen molar-refractivity contribution in [3.05, 3.63) is 40.8 Å². The first-order chi connectivity index (χ1) is 15.7. The smallest absolute Gasteiger partial charge is 0.484 e. The summed E-state index contributed by atoms with van der Waals surface area (Å²) in [5.74, 6) is -0.361. The molecule has 0 spiro atoms. The van der Waals surface area contributed by atoms with Crippen LogP contribution in [0.3, 0.4) is 0 Å². The van der Waals surface area contributed by atoms with E-state index in [-0.39, 0.29) is 54.1 Å². The van der Waals surface area contributed by atoms with Gasteiger partial charge in [0.1, 0.15) is 11.6 Å². The van der Waals surface area contributed by atoms with Gasteiger partial charge in [-0.3, -0.25) is 9.53 Å². The number of ether oxygens (including phenoxy) is 2. The number of nitrogens with one attached hydrogen (secondary N) is 2. The summed E-state index contributed by atoms with van der Waals surface area (Å²) in [6.45, 7) is 0.184. The third-order valence-corrected chi connectivity index (χ3v) is 5.85. The van der Waals surface area contributed by atoms with E-state index in [1.807, 2.05) is 0 Å². The number of rotatable bonds is 7. The van der Waals surface area contributed by atoms with Gasteiger partial charge in [0.2, 0.25) is 11.8 Å². The minimum absolute atomic E-state index is 0.0321. The molecule has 1 amide bonds. The van der Waals surface area contributed by atoms with E-state index in [9.17, 15) is 22.4 Å². The molecule has 1 aliphatic heterocycles. The van der Waals surface area contributed by atoms with Crippen molar-refractivity contribution >= 4 is 17.5 Å². The molecule has 2 atom stereocenters. The number of piperidine rings is 1. The van der Waals surface area contributed by atoms with Crippen LogP contribution >= 0.6 is 11.6 Å². The van der Waals surface area contributed by atoms with Crippen molar-refractivity contribution in [3.8, 4) is 5.75 Å². The number of benzene rings is 1. The lowest BCUT2D eigenvalue weighted by atomic mass is 9.82. The summed E-state index contributed by atoms with van der Waals surface area (Å²) < 4.78 is 65.0. The van der Waals surface area contributed by atoms with E-state index >= 15 is 0 Å². The van der Waals surface area contributed by atoms with Crippen molar-refractivity contribution in [3.63, 3.8) is 0 Å². The van der Waals surface area contributed by atoms with Crippen LogP contribution in [0.5, 0.6) is 5.75 Å². The molecule has 2 heterocycles. The predicted molar refractivity (Wildman–Crippen MR) is 106 cm³/mol. The molecule has 2 N–H and O–H groups in total. The SMILES string of the molecule is O=C(COc1ccc(Cl)c(F)c1)N[C@H]1CC[C@H](c2nnc([C@H]3C[C@@H](OC(F)(F)F)C3)o2)NC1. The van der Waals surface area contributed by atoms with Gasteiger partial charge in [0.05, 0.1) is 17.2 Å². The van der Waals surface area contributed by atoms with Crippen LogP contribution in [0.2, 0.25) is 5.02 Å². The summed E-state index contributed by atoms with van der Waals surface area (Å²) in [5.41, 5.74) is 0. The maximum Gasteiger partial charge on any atom is 0.522 e. The molecule has 2 fully saturated rings. The fourth-order valence-corrected chi connectivity index (χ4v) is 3.90. The summed E-state index contributed by atoms with van der Waals surface area (Å²) in [4.78, 5) is 12.1. The van der Waals surface area contributed by atoms with Crippen LogP contribution in [-0.2, 0) is 9.53 Å². The Kier molecular flexibility index (Phi) is 7.05. The number of carbonyl (C=O) groups is 1. The highest BCUT2D eigenvalue weighted by molar-refractivity contribution is 6.30. The molecule has 2 aromatic rings. The zero-order chi connectivity index (χ0) is 23.6. The first-order valence-corrected chi connectivity index (χ1v) is 10.7. The highest BCUT2D eigenvalue weighted by Crippen LogP contribution is 2.41. The summed E-state index contributed by atoms with van der Waals surface area (Å²) in [7, 11) is 0. The van der Waals surface area contributed by atoms with E-state index in [0.717, 1.165) is 6.07 Å². The van der Waals surface area contributed by atoms with Crippen molar-refractivity contribution in [2.45, 2.75) is 56.2 Å². The van der Waals surface area contributed by atoms with Crippen LogP contribution in [0.1, 0.15) is 49.4 Å². The molecule has 1 aromatic carbocycles. The lowest BCUT2D eigenvalue weighted by Crippen LogP contribution is -2.48. The lowest BCUT2D eigenvalue weighted by Gasteiger charge is -2.33. The molecule has 180 valence electrons. The number of hydrogen-bond acceptors (Lipinski definition) is 7. The molecule has 8 nitrogen and oxygen atoms in total. The maximum atomic E-state index is 13.4. The number of hydrogen-bond donors (Lipinski definition) is 2. The van der Waals surface area contributed by atoms with Gasteiger partial charge < -0.3 is 19.8 Å². The third-order valence-electron chi connectivity index (χ3n) is 5.54. The van der Waals surface area contributed by atoms with Gasteiger partial charge in [0.15, 0.2) is 6.61 Å². The van der Waals surface area contributed by atoms with Crippen LogP contribution in [0.15, 0.2) is 22.6 Å². The molecule has 4 rings (SSSR count). The number of halogens is 5. The van der Waals surface area contributed by atoms with Crippen LogP contribution in [0.4, 0.5) is 17.6 Å². The molecule has 1 saturated heterocycles. The lowest BCUT2D eigenvalue weighted by molar-refractivity contribution is -0.352. The third kappa shape index (κ3) is 6.33. The molecule has 33 heavy (non-hydrogen) atoms. The Labute approximate surface area is 191 Å².